The Morgan fingerprint density at radius 1 is 0.814 bits per heavy atom. The molecule has 0 aromatic carbocycles. The molecule has 0 aliphatic heterocycles. The molecule has 0 amide bonds. The molecule has 4 nitrogen and oxygen atoms in total. The van der Waals surface area contributed by atoms with E-state index in [0.717, 1.165) is 83.5 Å². The van der Waals surface area contributed by atoms with Crippen LogP contribution in [0.25, 0.3) is 0 Å². The summed E-state index contributed by atoms with van der Waals surface area (Å²) in [5.74, 6) is -2.32. The van der Waals surface area contributed by atoms with E-state index < -0.39 is 40.5 Å². The van der Waals surface area contributed by atoms with Gasteiger partial charge in [0.1, 0.15) is 15.6 Å². The van der Waals surface area contributed by atoms with E-state index in [1.54, 1.807) is 0 Å². The van der Waals surface area contributed by atoms with Crippen molar-refractivity contribution in [3.05, 3.63) is 0 Å². The van der Waals surface area contributed by atoms with Crippen molar-refractivity contribution in [2.45, 2.75) is 148 Å². The summed E-state index contributed by atoms with van der Waals surface area (Å²) in [6.07, 6.45) is 7.24. The predicted molar refractivity (Wildman–Crippen MR) is 157 cm³/mol. The number of fused-ring (bicyclic) bond motifs is 5. The van der Waals surface area contributed by atoms with Gasteiger partial charge in [0.2, 0.25) is 0 Å². The Labute approximate surface area is 255 Å². The molecule has 0 aromatic heterocycles. The van der Waals surface area contributed by atoms with Crippen LogP contribution in [0.1, 0.15) is 129 Å². The molecule has 10 heteroatoms. The molecule has 0 spiro atoms. The summed E-state index contributed by atoms with van der Waals surface area (Å²) in [6, 6.07) is 0. The highest BCUT2D eigenvalue weighted by Crippen LogP contribution is 2.67. The zero-order chi connectivity index (χ0) is 31.7. The normalized spacial score (nSPS) is 36.7. The predicted octanol–water partition coefficient (Wildman–Crippen LogP) is 8.70. The summed E-state index contributed by atoms with van der Waals surface area (Å²) in [5, 5.41) is 10.9. The second-order valence-electron chi connectivity index (χ2n) is 15.1. The van der Waals surface area contributed by atoms with Crippen molar-refractivity contribution < 1.29 is 40.3 Å². The van der Waals surface area contributed by atoms with E-state index in [4.69, 9.17) is 0 Å². The van der Waals surface area contributed by atoms with Crippen molar-refractivity contribution in [3.8, 4) is 0 Å². The first kappa shape index (κ1) is 35.1. The van der Waals surface area contributed by atoms with Crippen molar-refractivity contribution >= 4 is 15.6 Å². The Kier molecular flexibility index (Phi) is 11.0. The number of sulfone groups is 1. The maximum atomic E-state index is 13.0. The van der Waals surface area contributed by atoms with E-state index in [1.165, 1.54) is 6.42 Å². The first-order chi connectivity index (χ1) is 20.0. The second kappa shape index (κ2) is 13.5. The fourth-order valence-electron chi connectivity index (χ4n) is 9.86. The molecule has 4 saturated carbocycles. The highest BCUT2D eigenvalue weighted by molar-refractivity contribution is 7.91. The van der Waals surface area contributed by atoms with Crippen molar-refractivity contribution in [2.24, 2.45) is 40.4 Å². The lowest BCUT2D eigenvalue weighted by molar-refractivity contribution is -0.284. The zero-order valence-electron chi connectivity index (χ0n) is 26.1. The molecule has 0 bridgehead atoms. The van der Waals surface area contributed by atoms with Crippen LogP contribution in [0, 0.1) is 40.4 Å². The minimum atomic E-state index is -5.65. The topological polar surface area (TPSA) is 71.4 Å². The van der Waals surface area contributed by atoms with E-state index in [1.807, 2.05) is 0 Å². The van der Waals surface area contributed by atoms with Gasteiger partial charge in [0.15, 0.2) is 0 Å². The highest BCUT2D eigenvalue weighted by Gasteiger charge is 2.62. The Balaban J connectivity index is 1.18. The van der Waals surface area contributed by atoms with Gasteiger partial charge in [-0.3, -0.25) is 4.79 Å². The minimum absolute atomic E-state index is 0.0225. The van der Waals surface area contributed by atoms with E-state index in [2.05, 4.69) is 13.8 Å². The van der Waals surface area contributed by atoms with Crippen LogP contribution in [-0.4, -0.2) is 49.0 Å². The van der Waals surface area contributed by atoms with Crippen LogP contribution < -0.4 is 0 Å². The van der Waals surface area contributed by atoms with Gasteiger partial charge in [-0.1, -0.05) is 58.8 Å². The molecule has 250 valence electrons. The standard InChI is InChI=1S/C33H53F5O4S/c1-30-17-14-25(39)22-24(30)21-23(29-26-12-13-28(40)31(26,2)18-15-27(29)30)11-8-6-4-3-5-7-9-19-43(41,42)20-10-16-32(34,35)33(36,37)38/h23-24,26-29,40H,3-22H2,1-2H3/t23?,24?,26-,27+,28?,29-,30-,31-/m0/s1. The number of aliphatic hydroxyl groups excluding tert-OH is 1. The van der Waals surface area contributed by atoms with Crippen LogP contribution in [-0.2, 0) is 14.6 Å². The third kappa shape index (κ3) is 7.79. The lowest BCUT2D eigenvalue weighted by Crippen LogP contribution is -2.57. The first-order valence-corrected chi connectivity index (χ1v) is 18.7. The van der Waals surface area contributed by atoms with Gasteiger partial charge < -0.3 is 5.11 Å². The lowest BCUT2D eigenvalue weighted by Gasteiger charge is -2.62. The fourth-order valence-corrected chi connectivity index (χ4v) is 11.3. The zero-order valence-corrected chi connectivity index (χ0v) is 26.9. The summed E-state index contributed by atoms with van der Waals surface area (Å²) in [6.45, 7) is 4.78. The third-order valence-corrected chi connectivity index (χ3v) is 14.3. The number of rotatable bonds is 14. The van der Waals surface area contributed by atoms with Crippen molar-refractivity contribution in [2.75, 3.05) is 11.5 Å². The number of Topliss-reactive ketones (excluding diaryl/α,β-unsaturated/α-hetero) is 1. The monoisotopic (exact) mass is 640 g/mol. The lowest BCUT2D eigenvalue weighted by atomic mass is 9.42. The Morgan fingerprint density at radius 2 is 1.42 bits per heavy atom. The molecule has 1 N–H and O–H groups in total. The number of carbonyl (C=O) groups excluding carboxylic acids is 1. The maximum Gasteiger partial charge on any atom is 0.453 e. The molecule has 0 radical (unpaired) electrons. The van der Waals surface area contributed by atoms with Gasteiger partial charge in [-0.25, -0.2) is 8.42 Å². The molecule has 0 aromatic rings. The number of hydrogen-bond acceptors (Lipinski definition) is 4. The molecule has 4 fully saturated rings. The quantitative estimate of drug-likeness (QED) is 0.152. The van der Waals surface area contributed by atoms with Crippen molar-refractivity contribution in [1.29, 1.82) is 0 Å². The van der Waals surface area contributed by atoms with Crippen LogP contribution >= 0.6 is 0 Å². The van der Waals surface area contributed by atoms with E-state index in [-0.39, 0.29) is 22.7 Å². The van der Waals surface area contributed by atoms with Gasteiger partial charge >= 0.3 is 12.1 Å². The van der Waals surface area contributed by atoms with Crippen LogP contribution in [0.3, 0.4) is 0 Å². The summed E-state index contributed by atoms with van der Waals surface area (Å²) < 4.78 is 86.9. The summed E-state index contributed by atoms with van der Waals surface area (Å²) >= 11 is 0. The van der Waals surface area contributed by atoms with Gasteiger partial charge in [0.05, 0.1) is 17.6 Å². The van der Waals surface area contributed by atoms with Crippen LogP contribution in [0.15, 0.2) is 0 Å². The number of unbranched alkanes of at least 4 members (excludes halogenated alkanes) is 6. The van der Waals surface area contributed by atoms with Crippen LogP contribution in [0.5, 0.6) is 0 Å². The maximum absolute atomic E-state index is 13.0. The summed E-state index contributed by atoms with van der Waals surface area (Å²) in [7, 11) is -3.64. The van der Waals surface area contributed by atoms with Crippen molar-refractivity contribution in [1.82, 2.24) is 0 Å². The Morgan fingerprint density at radius 3 is 2.09 bits per heavy atom. The fraction of sp³-hybridized carbons (Fsp3) is 0.970. The van der Waals surface area contributed by atoms with Crippen molar-refractivity contribution in [3.63, 3.8) is 0 Å². The van der Waals surface area contributed by atoms with Crippen LogP contribution in [0.2, 0.25) is 0 Å². The number of hydrogen-bond donors (Lipinski definition) is 1. The molecule has 8 atom stereocenters. The SMILES string of the molecule is C[C@]12CCC(=O)CC1CC(CCCCCCCCCS(=O)(=O)CCCC(F)(F)C(F)(F)F)[C@@H]1[C@H]2CC[C@]2(C)C(O)CC[C@@H]12. The molecule has 4 aliphatic rings. The summed E-state index contributed by atoms with van der Waals surface area (Å²) in [5.41, 5.74) is 0.264. The summed E-state index contributed by atoms with van der Waals surface area (Å²) in [4.78, 5) is 12.4. The molecule has 4 aliphatic carbocycles. The number of alkyl halides is 5. The third-order valence-electron chi connectivity index (χ3n) is 12.5. The Hall–Kier alpha value is -0.770. The minimum Gasteiger partial charge on any atom is -0.393 e. The van der Waals surface area contributed by atoms with E-state index in [0.29, 0.717) is 48.2 Å². The van der Waals surface area contributed by atoms with E-state index in [9.17, 15) is 40.3 Å². The second-order valence-corrected chi connectivity index (χ2v) is 17.4. The number of halogens is 5. The average Bonchev–Trinajstić information content (AvgIpc) is 3.21. The van der Waals surface area contributed by atoms with E-state index >= 15 is 0 Å². The number of ketones is 1. The molecule has 4 rings (SSSR count). The Bertz CT molecular complexity index is 1060. The number of carbonyl (C=O) groups is 1. The molecule has 0 heterocycles. The largest absolute Gasteiger partial charge is 0.453 e. The molecular weight excluding hydrogens is 587 g/mol. The average molecular weight is 641 g/mol. The van der Waals surface area contributed by atoms with Gasteiger partial charge in [-0.2, -0.15) is 22.0 Å². The smallest absolute Gasteiger partial charge is 0.393 e. The van der Waals surface area contributed by atoms with Crippen LogP contribution in [0.4, 0.5) is 22.0 Å². The highest BCUT2D eigenvalue weighted by atomic mass is 32.2. The van der Waals surface area contributed by atoms with Gasteiger partial charge in [0, 0.05) is 19.3 Å². The molecule has 3 unspecified atom stereocenters. The van der Waals surface area contributed by atoms with Gasteiger partial charge in [0.25, 0.3) is 0 Å². The van der Waals surface area contributed by atoms with Gasteiger partial charge in [-0.15, -0.1) is 0 Å². The number of aliphatic hydroxyl groups is 1. The molecule has 0 saturated heterocycles. The molecule has 43 heavy (non-hydrogen) atoms. The first-order valence-electron chi connectivity index (χ1n) is 16.8. The molecular formula is C33H53F5O4S. The van der Waals surface area contributed by atoms with Gasteiger partial charge in [-0.05, 0) is 91.8 Å².